The minimum atomic E-state index is -4.04. The van der Waals surface area contributed by atoms with Gasteiger partial charge in [0, 0.05) is 17.5 Å². The molecule has 1 aromatic heterocycles. The van der Waals surface area contributed by atoms with Crippen LogP contribution in [0.15, 0.2) is 23.1 Å². The summed E-state index contributed by atoms with van der Waals surface area (Å²) >= 11 is 0. The topological polar surface area (TPSA) is 107 Å². The number of carbonyl (C=O) groups excluding carboxylic acids is 1. The molecule has 8 nitrogen and oxygen atoms in total. The van der Waals surface area contributed by atoms with Crippen LogP contribution in [0.2, 0.25) is 0 Å². The second-order valence-corrected chi connectivity index (χ2v) is 7.09. The lowest BCUT2D eigenvalue weighted by Gasteiger charge is -2.13. The average Bonchev–Trinajstić information content (AvgIpc) is 2.89. The monoisotopic (exact) mass is 382 g/mol. The first-order valence-electron chi connectivity index (χ1n) is 7.86. The number of hydrogen-bond donors (Lipinski definition) is 2. The molecule has 0 aliphatic carbocycles. The highest BCUT2D eigenvalue weighted by Crippen LogP contribution is 2.32. The van der Waals surface area contributed by atoms with Crippen LogP contribution in [0.4, 0.5) is 5.69 Å². The van der Waals surface area contributed by atoms with Crippen LogP contribution in [-0.2, 0) is 14.8 Å². The van der Waals surface area contributed by atoms with E-state index in [1.807, 2.05) is 0 Å². The number of anilines is 1. The third-order valence-electron chi connectivity index (χ3n) is 3.70. The van der Waals surface area contributed by atoms with Crippen molar-refractivity contribution in [2.45, 2.75) is 25.7 Å². The minimum Gasteiger partial charge on any atom is -0.493 e. The van der Waals surface area contributed by atoms with Gasteiger partial charge in [-0.1, -0.05) is 0 Å². The van der Waals surface area contributed by atoms with Crippen molar-refractivity contribution in [3.63, 3.8) is 0 Å². The van der Waals surface area contributed by atoms with Crippen LogP contribution < -0.4 is 14.2 Å². The molecule has 0 bridgehead atoms. The highest BCUT2D eigenvalue weighted by molar-refractivity contribution is 7.92. The van der Waals surface area contributed by atoms with Gasteiger partial charge in [-0.15, -0.1) is 0 Å². The van der Waals surface area contributed by atoms with Crippen molar-refractivity contribution in [3.8, 4) is 11.5 Å². The molecule has 0 radical (unpaired) electrons. The summed E-state index contributed by atoms with van der Waals surface area (Å²) in [6.07, 6.45) is 0. The molecule has 9 heteroatoms. The number of sulfonamides is 1. The number of ether oxygens (including phenoxy) is 3. The van der Waals surface area contributed by atoms with E-state index in [0.29, 0.717) is 22.9 Å². The number of carbonyl (C=O) groups is 1. The molecule has 2 rings (SSSR count). The lowest BCUT2D eigenvalue weighted by molar-refractivity contribution is 0.0521. The number of aryl methyl sites for hydroxylation is 2. The Bertz CT molecular complexity index is 918. The van der Waals surface area contributed by atoms with Crippen molar-refractivity contribution in [3.05, 3.63) is 35.2 Å². The SMILES string of the molecule is CCOC(=O)c1c(C)[nH]c(C)c1S(=O)(=O)Nc1ccc(OC)c(OC)c1. The summed E-state index contributed by atoms with van der Waals surface area (Å²) in [4.78, 5) is 15.0. The Balaban J connectivity index is 2.47. The Morgan fingerprint density at radius 2 is 1.77 bits per heavy atom. The first-order valence-corrected chi connectivity index (χ1v) is 9.34. The van der Waals surface area contributed by atoms with Gasteiger partial charge in [0.1, 0.15) is 10.5 Å². The fraction of sp³-hybridized carbons (Fsp3) is 0.353. The van der Waals surface area contributed by atoms with Crippen LogP contribution in [0, 0.1) is 13.8 Å². The fourth-order valence-corrected chi connectivity index (χ4v) is 4.15. The minimum absolute atomic E-state index is 0.00248. The molecule has 0 atom stereocenters. The van der Waals surface area contributed by atoms with Crippen LogP contribution >= 0.6 is 0 Å². The molecule has 0 fully saturated rings. The molecule has 142 valence electrons. The molecular weight excluding hydrogens is 360 g/mol. The standard InChI is InChI=1S/C17H22N2O6S/c1-6-25-17(20)15-10(2)18-11(3)16(15)26(21,22)19-12-7-8-13(23-4)14(9-12)24-5/h7-9,18-19H,6H2,1-5H3. The Hall–Kier alpha value is -2.68. The van der Waals surface area contributed by atoms with Crippen molar-refractivity contribution < 1.29 is 27.4 Å². The summed E-state index contributed by atoms with van der Waals surface area (Å²) < 4.78 is 43.6. The summed E-state index contributed by atoms with van der Waals surface area (Å²) in [5.74, 6) is 0.152. The highest BCUT2D eigenvalue weighted by Gasteiger charge is 2.30. The molecule has 26 heavy (non-hydrogen) atoms. The molecule has 1 heterocycles. The van der Waals surface area contributed by atoms with Gasteiger partial charge in [-0.25, -0.2) is 13.2 Å². The maximum atomic E-state index is 12.9. The van der Waals surface area contributed by atoms with E-state index in [1.54, 1.807) is 26.8 Å². The van der Waals surface area contributed by atoms with E-state index in [2.05, 4.69) is 9.71 Å². The summed E-state index contributed by atoms with van der Waals surface area (Å²) in [5.41, 5.74) is 1.04. The number of benzene rings is 1. The molecule has 0 aliphatic heterocycles. The van der Waals surface area contributed by atoms with Gasteiger partial charge in [-0.2, -0.15) is 0 Å². The van der Waals surface area contributed by atoms with Gasteiger partial charge >= 0.3 is 5.97 Å². The van der Waals surface area contributed by atoms with Crippen LogP contribution in [0.5, 0.6) is 11.5 Å². The number of aromatic amines is 1. The van der Waals surface area contributed by atoms with Crippen LogP contribution in [-0.4, -0.2) is 40.2 Å². The predicted octanol–water partition coefficient (Wildman–Crippen LogP) is 2.63. The molecular formula is C17H22N2O6S. The molecule has 0 saturated heterocycles. The maximum absolute atomic E-state index is 12.9. The number of methoxy groups -OCH3 is 2. The number of H-pyrrole nitrogens is 1. The summed E-state index contributed by atoms with van der Waals surface area (Å²) in [6.45, 7) is 5.00. The molecule has 0 aliphatic rings. The number of esters is 1. The molecule has 2 aromatic rings. The van der Waals surface area contributed by atoms with Crippen LogP contribution in [0.1, 0.15) is 28.7 Å². The number of rotatable bonds is 7. The van der Waals surface area contributed by atoms with Gasteiger partial charge < -0.3 is 19.2 Å². The predicted molar refractivity (Wildman–Crippen MR) is 96.6 cm³/mol. The molecule has 2 N–H and O–H groups in total. The molecule has 0 spiro atoms. The van der Waals surface area contributed by atoms with Gasteiger partial charge in [0.25, 0.3) is 10.0 Å². The van der Waals surface area contributed by atoms with Gasteiger partial charge in [-0.3, -0.25) is 4.72 Å². The van der Waals surface area contributed by atoms with Crippen molar-refractivity contribution in [2.75, 3.05) is 25.5 Å². The third kappa shape index (κ3) is 3.77. The van der Waals surface area contributed by atoms with E-state index in [9.17, 15) is 13.2 Å². The number of aromatic nitrogens is 1. The smallest absolute Gasteiger partial charge is 0.341 e. The third-order valence-corrected chi connectivity index (χ3v) is 5.25. The molecule has 0 amide bonds. The summed E-state index contributed by atoms with van der Waals surface area (Å²) in [6, 6.07) is 4.62. The number of nitrogens with one attached hydrogen (secondary N) is 2. The Morgan fingerprint density at radius 1 is 1.12 bits per heavy atom. The Labute approximate surface area is 152 Å². The second kappa shape index (κ2) is 7.69. The molecule has 1 aromatic carbocycles. The van der Waals surface area contributed by atoms with Gasteiger partial charge in [0.2, 0.25) is 0 Å². The van der Waals surface area contributed by atoms with E-state index < -0.39 is 16.0 Å². The zero-order valence-electron chi connectivity index (χ0n) is 15.3. The van der Waals surface area contributed by atoms with Crippen LogP contribution in [0.3, 0.4) is 0 Å². The van der Waals surface area contributed by atoms with E-state index in [1.165, 1.54) is 26.4 Å². The largest absolute Gasteiger partial charge is 0.493 e. The highest BCUT2D eigenvalue weighted by atomic mass is 32.2. The van der Waals surface area contributed by atoms with Gasteiger partial charge in [0.05, 0.1) is 26.5 Å². The van der Waals surface area contributed by atoms with Crippen molar-refractivity contribution in [2.24, 2.45) is 0 Å². The first kappa shape index (κ1) is 19.6. The fourth-order valence-electron chi connectivity index (χ4n) is 2.65. The average molecular weight is 382 g/mol. The summed E-state index contributed by atoms with van der Waals surface area (Å²) in [5, 5.41) is 0. The van der Waals surface area contributed by atoms with Gasteiger partial charge in [0.15, 0.2) is 11.5 Å². The van der Waals surface area contributed by atoms with E-state index in [0.717, 1.165) is 0 Å². The van der Waals surface area contributed by atoms with Gasteiger partial charge in [-0.05, 0) is 32.9 Å². The van der Waals surface area contributed by atoms with E-state index in [4.69, 9.17) is 14.2 Å². The maximum Gasteiger partial charge on any atom is 0.341 e. The quantitative estimate of drug-likeness (QED) is 0.713. The van der Waals surface area contributed by atoms with Crippen LogP contribution in [0.25, 0.3) is 0 Å². The zero-order valence-corrected chi connectivity index (χ0v) is 16.1. The number of hydrogen-bond acceptors (Lipinski definition) is 6. The lowest BCUT2D eigenvalue weighted by Crippen LogP contribution is -2.18. The first-order chi connectivity index (χ1) is 12.2. The molecule has 0 saturated carbocycles. The Morgan fingerprint density at radius 3 is 2.35 bits per heavy atom. The summed E-state index contributed by atoms with van der Waals surface area (Å²) in [7, 11) is -1.10. The second-order valence-electron chi connectivity index (χ2n) is 5.47. The van der Waals surface area contributed by atoms with E-state index in [-0.39, 0.29) is 22.8 Å². The lowest BCUT2D eigenvalue weighted by atomic mass is 10.2. The molecule has 0 unspecified atom stereocenters. The zero-order chi connectivity index (χ0) is 19.5. The normalized spacial score (nSPS) is 11.1. The van der Waals surface area contributed by atoms with Crippen molar-refractivity contribution >= 4 is 21.7 Å². The van der Waals surface area contributed by atoms with Crippen molar-refractivity contribution in [1.29, 1.82) is 0 Å². The van der Waals surface area contributed by atoms with Crippen molar-refractivity contribution in [1.82, 2.24) is 4.98 Å². The van der Waals surface area contributed by atoms with E-state index >= 15 is 0 Å². The Kier molecular flexibility index (Phi) is 5.81.